The number of amides is 1. The van der Waals surface area contributed by atoms with Gasteiger partial charge in [-0.15, -0.1) is 11.3 Å². The van der Waals surface area contributed by atoms with Crippen LogP contribution in [0.2, 0.25) is 5.02 Å². The number of methoxy groups -OCH3 is 2. The van der Waals surface area contributed by atoms with Gasteiger partial charge in [0.2, 0.25) is 0 Å². The molecule has 1 heterocycles. The molecular weight excluding hydrogens is 465 g/mol. The van der Waals surface area contributed by atoms with Crippen molar-refractivity contribution in [3.8, 4) is 0 Å². The highest BCUT2D eigenvalue weighted by Crippen LogP contribution is 2.36. The lowest BCUT2D eigenvalue weighted by molar-refractivity contribution is -0.119. The Labute approximate surface area is 189 Å². The third-order valence-corrected chi connectivity index (χ3v) is 5.81. The van der Waals surface area contributed by atoms with Crippen molar-refractivity contribution in [3.05, 3.63) is 63.2 Å². The third kappa shape index (κ3) is 5.04. The first-order valence-corrected chi connectivity index (χ1v) is 10.1. The Hall–Kier alpha value is -3.50. The molecule has 0 unspecified atom stereocenters. The van der Waals surface area contributed by atoms with Crippen LogP contribution in [0.1, 0.15) is 30.4 Å². The molecule has 1 aromatic heterocycles. The van der Waals surface area contributed by atoms with Gasteiger partial charge in [0.05, 0.1) is 30.4 Å². The summed E-state index contributed by atoms with van der Waals surface area (Å²) in [7, 11) is 2.33. The van der Waals surface area contributed by atoms with E-state index in [1.165, 1.54) is 50.6 Å². The normalized spacial score (nSPS) is 10.5. The van der Waals surface area contributed by atoms with Crippen LogP contribution in [0, 0.1) is 5.82 Å². The molecule has 11 heteroatoms. The summed E-state index contributed by atoms with van der Waals surface area (Å²) >= 11 is 7.11. The molecule has 0 aliphatic carbocycles. The van der Waals surface area contributed by atoms with Crippen LogP contribution in [0.15, 0.2) is 36.4 Å². The van der Waals surface area contributed by atoms with E-state index in [0.717, 1.165) is 11.3 Å². The number of thiophene rings is 1. The Balaban J connectivity index is 1.72. The minimum Gasteiger partial charge on any atom is -0.465 e. The summed E-state index contributed by atoms with van der Waals surface area (Å²) in [5.74, 6) is -3.53. The Morgan fingerprint density at radius 2 is 1.59 bits per heavy atom. The summed E-state index contributed by atoms with van der Waals surface area (Å²) in [4.78, 5) is 48.3. The number of carbonyl (C=O) groups excluding carboxylic acids is 4. The van der Waals surface area contributed by atoms with E-state index in [1.807, 2.05) is 0 Å². The smallest absolute Gasteiger partial charge is 0.350 e. The molecule has 0 saturated carbocycles. The molecule has 1 N–H and O–H groups in total. The minimum absolute atomic E-state index is 0.00647. The Morgan fingerprint density at radius 1 is 0.969 bits per heavy atom. The Morgan fingerprint density at radius 3 is 2.19 bits per heavy atom. The number of hydrogen-bond acceptors (Lipinski definition) is 8. The zero-order valence-electron chi connectivity index (χ0n) is 16.7. The summed E-state index contributed by atoms with van der Waals surface area (Å²) < 4.78 is 28.1. The van der Waals surface area contributed by atoms with Gasteiger partial charge in [-0.25, -0.2) is 18.8 Å². The lowest BCUT2D eigenvalue weighted by atomic mass is 10.1. The second kappa shape index (κ2) is 9.75. The first kappa shape index (κ1) is 23.2. The van der Waals surface area contributed by atoms with E-state index in [-0.39, 0.29) is 26.7 Å². The van der Waals surface area contributed by atoms with E-state index in [0.29, 0.717) is 10.1 Å². The molecule has 32 heavy (non-hydrogen) atoms. The van der Waals surface area contributed by atoms with Crippen LogP contribution in [0.5, 0.6) is 0 Å². The van der Waals surface area contributed by atoms with Crippen LogP contribution in [-0.2, 0) is 19.0 Å². The number of rotatable bonds is 6. The van der Waals surface area contributed by atoms with Gasteiger partial charge in [0.1, 0.15) is 10.7 Å². The topological polar surface area (TPSA) is 108 Å². The number of esters is 3. The van der Waals surface area contributed by atoms with Crippen molar-refractivity contribution in [2.45, 2.75) is 0 Å². The van der Waals surface area contributed by atoms with E-state index in [1.54, 1.807) is 0 Å². The molecular formula is C21H15ClFNO7S. The average Bonchev–Trinajstić information content (AvgIpc) is 3.11. The van der Waals surface area contributed by atoms with Gasteiger partial charge >= 0.3 is 17.9 Å². The molecule has 0 aliphatic heterocycles. The first-order chi connectivity index (χ1) is 15.2. The van der Waals surface area contributed by atoms with Gasteiger partial charge in [-0.3, -0.25) is 4.79 Å². The van der Waals surface area contributed by atoms with Crippen molar-refractivity contribution < 1.29 is 37.8 Å². The van der Waals surface area contributed by atoms with Crippen molar-refractivity contribution in [1.29, 1.82) is 0 Å². The molecule has 8 nitrogen and oxygen atoms in total. The van der Waals surface area contributed by atoms with Gasteiger partial charge in [0, 0.05) is 15.8 Å². The molecule has 0 spiro atoms. The SMILES string of the molecule is COC(=O)c1cc(NC(=O)COC(=O)c2sc3cc(F)ccc3c2Cl)cc(C(=O)OC)c1. The van der Waals surface area contributed by atoms with Gasteiger partial charge in [-0.05, 0) is 36.4 Å². The van der Waals surface area contributed by atoms with Gasteiger partial charge in [0.25, 0.3) is 5.91 Å². The van der Waals surface area contributed by atoms with Gasteiger partial charge in [0.15, 0.2) is 6.61 Å². The number of hydrogen-bond donors (Lipinski definition) is 1. The molecule has 3 rings (SSSR count). The average molecular weight is 480 g/mol. The van der Waals surface area contributed by atoms with Crippen molar-refractivity contribution in [1.82, 2.24) is 0 Å². The molecule has 0 radical (unpaired) electrons. The third-order valence-electron chi connectivity index (χ3n) is 4.17. The van der Waals surface area contributed by atoms with Gasteiger partial charge in [-0.2, -0.15) is 0 Å². The highest BCUT2D eigenvalue weighted by Gasteiger charge is 2.20. The van der Waals surface area contributed by atoms with Crippen LogP contribution in [0.3, 0.4) is 0 Å². The molecule has 0 fully saturated rings. The highest BCUT2D eigenvalue weighted by atomic mass is 35.5. The number of benzene rings is 2. The maximum Gasteiger partial charge on any atom is 0.350 e. The minimum atomic E-state index is -0.856. The molecule has 3 aromatic rings. The molecule has 2 aromatic carbocycles. The van der Waals surface area contributed by atoms with Crippen LogP contribution in [0.25, 0.3) is 10.1 Å². The lowest BCUT2D eigenvalue weighted by Gasteiger charge is -2.10. The van der Waals surface area contributed by atoms with E-state index in [4.69, 9.17) is 16.3 Å². The highest BCUT2D eigenvalue weighted by molar-refractivity contribution is 7.21. The predicted molar refractivity (Wildman–Crippen MR) is 115 cm³/mol. The van der Waals surface area contributed by atoms with Crippen molar-refractivity contribution in [3.63, 3.8) is 0 Å². The molecule has 0 aliphatic rings. The molecule has 1 amide bonds. The first-order valence-electron chi connectivity index (χ1n) is 8.89. The molecule has 166 valence electrons. The maximum absolute atomic E-state index is 13.4. The van der Waals surface area contributed by atoms with Crippen LogP contribution in [0.4, 0.5) is 10.1 Å². The Bertz CT molecular complexity index is 1210. The van der Waals surface area contributed by atoms with Crippen LogP contribution >= 0.6 is 22.9 Å². The molecule has 0 bridgehead atoms. The lowest BCUT2D eigenvalue weighted by Crippen LogP contribution is -2.21. The number of carbonyl (C=O) groups is 4. The van der Waals surface area contributed by atoms with Gasteiger partial charge in [-0.1, -0.05) is 11.6 Å². The van der Waals surface area contributed by atoms with E-state index < -0.39 is 36.2 Å². The number of halogens is 2. The summed E-state index contributed by atoms with van der Waals surface area (Å²) in [6, 6.07) is 7.72. The number of anilines is 1. The van der Waals surface area contributed by atoms with Crippen molar-refractivity contribution in [2.75, 3.05) is 26.1 Å². The van der Waals surface area contributed by atoms with Crippen molar-refractivity contribution >= 4 is 62.5 Å². The summed E-state index contributed by atoms with van der Waals surface area (Å²) in [6.45, 7) is -0.673. The second-order valence-electron chi connectivity index (χ2n) is 6.29. The zero-order valence-corrected chi connectivity index (χ0v) is 18.3. The van der Waals surface area contributed by atoms with Crippen LogP contribution in [-0.4, -0.2) is 44.6 Å². The van der Waals surface area contributed by atoms with E-state index in [9.17, 15) is 23.6 Å². The largest absolute Gasteiger partial charge is 0.465 e. The van der Waals surface area contributed by atoms with Crippen LogP contribution < -0.4 is 5.32 Å². The number of fused-ring (bicyclic) bond motifs is 1. The fraction of sp³-hybridized carbons (Fsp3) is 0.143. The summed E-state index contributed by atoms with van der Waals surface area (Å²) in [5, 5.41) is 3.02. The predicted octanol–water partition coefficient (Wildman–Crippen LogP) is 4.06. The van der Waals surface area contributed by atoms with Gasteiger partial charge < -0.3 is 19.5 Å². The van der Waals surface area contributed by atoms with E-state index in [2.05, 4.69) is 14.8 Å². The standard InChI is InChI=1S/C21H15ClFNO7S/c1-29-19(26)10-5-11(20(27)30-2)7-13(6-10)24-16(25)9-31-21(28)18-17(22)14-4-3-12(23)8-15(14)32-18/h3-8H,9H2,1-2H3,(H,24,25). The maximum atomic E-state index is 13.4. The fourth-order valence-corrected chi connectivity index (χ4v) is 4.16. The van der Waals surface area contributed by atoms with E-state index >= 15 is 0 Å². The Kier molecular flexibility index (Phi) is 7.06. The summed E-state index contributed by atoms with van der Waals surface area (Å²) in [5.41, 5.74) is 0.101. The van der Waals surface area contributed by atoms with Crippen molar-refractivity contribution in [2.24, 2.45) is 0 Å². The second-order valence-corrected chi connectivity index (χ2v) is 7.72. The molecule has 0 atom stereocenters. The summed E-state index contributed by atoms with van der Waals surface area (Å²) in [6.07, 6.45) is 0. The molecule has 0 saturated heterocycles. The number of nitrogens with one attached hydrogen (secondary N) is 1. The quantitative estimate of drug-likeness (QED) is 0.419. The zero-order chi connectivity index (χ0) is 23.4. The number of ether oxygens (including phenoxy) is 3. The fourth-order valence-electron chi connectivity index (χ4n) is 2.74. The monoisotopic (exact) mass is 479 g/mol.